The van der Waals surface area contributed by atoms with Gasteiger partial charge in [0.05, 0.1) is 0 Å². The smallest absolute Gasteiger partial charge is 0.418 e. The largest absolute Gasteiger partial charge is 0.418 e. The molecule has 0 aliphatic carbocycles. The Bertz CT molecular complexity index is 418. The molecule has 0 N–H and O–H groups in total. The molecule has 0 saturated heterocycles. The molecule has 0 bridgehead atoms. The fourth-order valence-electron chi connectivity index (χ4n) is 1.19. The van der Waals surface area contributed by atoms with Crippen LogP contribution in [0.5, 0.6) is 11.5 Å². The van der Waals surface area contributed by atoms with Gasteiger partial charge in [-0.1, -0.05) is 36.4 Å². The van der Waals surface area contributed by atoms with Gasteiger partial charge < -0.3 is 9.05 Å². The Hall–Kier alpha value is -1.11. The van der Waals surface area contributed by atoms with E-state index in [0.29, 0.717) is 11.5 Å². The first kappa shape index (κ1) is 14.0. The molecule has 0 spiro atoms. The van der Waals surface area contributed by atoms with Crippen LogP contribution in [-0.2, 0) is 24.0 Å². The van der Waals surface area contributed by atoms with Gasteiger partial charge in [-0.2, -0.15) is 0 Å². The van der Waals surface area contributed by atoms with Crippen molar-refractivity contribution in [1.82, 2.24) is 0 Å². The van der Waals surface area contributed by atoms with Crippen LogP contribution in [0.3, 0.4) is 0 Å². The molecule has 0 unspecified atom stereocenters. The average molecular weight is 300 g/mol. The van der Waals surface area contributed by atoms with Gasteiger partial charge in [0.15, 0.2) is 0 Å². The average Bonchev–Trinajstić information content (AvgIpc) is 2.31. The first-order chi connectivity index (χ1) is 7.84. The maximum absolute atomic E-state index is 11.5. The number of benzene rings is 2. The Morgan fingerprint density at radius 1 is 0.706 bits per heavy atom. The van der Waals surface area contributed by atoms with Gasteiger partial charge in [-0.3, -0.25) is 0 Å². The summed E-state index contributed by atoms with van der Waals surface area (Å²) >= 11 is 0. The maximum atomic E-state index is 11.5. The van der Waals surface area contributed by atoms with E-state index in [-0.39, 0.29) is 19.5 Å². The fourth-order valence-corrected chi connectivity index (χ4v) is 1.89. The van der Waals surface area contributed by atoms with Crippen LogP contribution in [0.1, 0.15) is 0 Å². The second-order valence-corrected chi connectivity index (χ2v) is 3.99. The summed E-state index contributed by atoms with van der Waals surface area (Å²) < 4.78 is 21.8. The Labute approximate surface area is 113 Å². The summed E-state index contributed by atoms with van der Waals surface area (Å²) in [5.74, 6) is 1.09. The van der Waals surface area contributed by atoms with Crippen LogP contribution in [0.25, 0.3) is 0 Å². The minimum atomic E-state index is -2.54. The molecule has 0 amide bonds. The molecular weight excluding hydrogens is 288 g/mol. The number of hydrogen-bond acceptors (Lipinski definition) is 3. The summed E-state index contributed by atoms with van der Waals surface area (Å²) in [5.41, 5.74) is 0. The molecule has 84 valence electrons. The van der Waals surface area contributed by atoms with Gasteiger partial charge in [0.1, 0.15) is 11.5 Å². The molecule has 0 aliphatic rings. The standard InChI is InChI=1S/C12H11O3P.Zn/c13-16(14-11-7-3-1-4-8-11)15-12-9-5-2-6-10-12;/h1-10,16H;. The molecule has 2 aromatic carbocycles. The van der Waals surface area contributed by atoms with Crippen molar-refractivity contribution < 1.29 is 33.1 Å². The summed E-state index contributed by atoms with van der Waals surface area (Å²) in [6.07, 6.45) is 0. The van der Waals surface area contributed by atoms with Crippen LogP contribution in [0.15, 0.2) is 60.7 Å². The van der Waals surface area contributed by atoms with E-state index in [0.717, 1.165) is 0 Å². The van der Waals surface area contributed by atoms with Gasteiger partial charge in [0.25, 0.3) is 0 Å². The quantitative estimate of drug-likeness (QED) is 0.640. The van der Waals surface area contributed by atoms with Crippen LogP contribution in [0.4, 0.5) is 0 Å². The van der Waals surface area contributed by atoms with Crippen LogP contribution in [-0.4, -0.2) is 0 Å². The molecule has 0 saturated carbocycles. The van der Waals surface area contributed by atoms with E-state index < -0.39 is 8.25 Å². The van der Waals surface area contributed by atoms with E-state index in [1.54, 1.807) is 24.3 Å². The number of rotatable bonds is 4. The second kappa shape index (κ2) is 7.26. The van der Waals surface area contributed by atoms with Crippen LogP contribution in [0.2, 0.25) is 0 Å². The van der Waals surface area contributed by atoms with Gasteiger partial charge in [-0.25, -0.2) is 4.57 Å². The molecule has 3 nitrogen and oxygen atoms in total. The van der Waals surface area contributed by atoms with Crippen molar-refractivity contribution in [3.8, 4) is 11.5 Å². The summed E-state index contributed by atoms with van der Waals surface area (Å²) in [7, 11) is -2.54. The minimum absolute atomic E-state index is 0. The Morgan fingerprint density at radius 2 is 1.06 bits per heavy atom. The van der Waals surface area contributed by atoms with Gasteiger partial charge in [0, 0.05) is 19.5 Å². The van der Waals surface area contributed by atoms with Crippen molar-refractivity contribution in [2.45, 2.75) is 0 Å². The van der Waals surface area contributed by atoms with Crippen molar-refractivity contribution in [3.05, 3.63) is 60.7 Å². The second-order valence-electron chi connectivity index (χ2n) is 3.08. The fraction of sp³-hybridized carbons (Fsp3) is 0. The summed E-state index contributed by atoms with van der Waals surface area (Å²) in [5, 5.41) is 0. The molecule has 0 radical (unpaired) electrons. The van der Waals surface area contributed by atoms with E-state index in [1.807, 2.05) is 36.4 Å². The molecule has 0 aromatic heterocycles. The Balaban J connectivity index is 0.00000144. The summed E-state index contributed by atoms with van der Waals surface area (Å²) in [6, 6.07) is 17.9. The molecule has 0 heterocycles. The third kappa shape index (κ3) is 4.72. The zero-order valence-electron chi connectivity index (χ0n) is 9.21. The molecule has 0 fully saturated rings. The topological polar surface area (TPSA) is 35.5 Å². The van der Waals surface area contributed by atoms with Gasteiger partial charge in [-0.05, 0) is 24.3 Å². The monoisotopic (exact) mass is 298 g/mol. The van der Waals surface area contributed by atoms with Crippen molar-refractivity contribution in [1.29, 1.82) is 0 Å². The van der Waals surface area contributed by atoms with E-state index >= 15 is 0 Å². The third-order valence-corrected chi connectivity index (χ3v) is 2.69. The zero-order chi connectivity index (χ0) is 11.2. The normalized spacial score (nSPS) is 9.47. The predicted octanol–water partition coefficient (Wildman–Crippen LogP) is 3.53. The van der Waals surface area contributed by atoms with Gasteiger partial charge in [-0.15, -0.1) is 0 Å². The molecule has 5 heteroatoms. The van der Waals surface area contributed by atoms with Crippen molar-refractivity contribution in [3.63, 3.8) is 0 Å². The maximum Gasteiger partial charge on any atom is 0.418 e. The van der Waals surface area contributed by atoms with E-state index in [1.165, 1.54) is 0 Å². The minimum Gasteiger partial charge on any atom is -0.418 e. The molecule has 0 atom stereocenters. The Morgan fingerprint density at radius 3 is 1.41 bits per heavy atom. The van der Waals surface area contributed by atoms with Crippen LogP contribution in [0, 0.1) is 0 Å². The SMILES string of the molecule is O=[PH](Oc1ccccc1)Oc1ccccc1.[Zn]. The van der Waals surface area contributed by atoms with Gasteiger partial charge >= 0.3 is 8.25 Å². The Kier molecular flexibility index (Phi) is 5.96. The zero-order valence-corrected chi connectivity index (χ0v) is 13.2. The van der Waals surface area contributed by atoms with E-state index in [4.69, 9.17) is 9.05 Å². The van der Waals surface area contributed by atoms with Crippen molar-refractivity contribution >= 4 is 8.25 Å². The van der Waals surface area contributed by atoms with E-state index in [9.17, 15) is 4.57 Å². The number of hydrogen-bond donors (Lipinski definition) is 0. The molecule has 2 aromatic rings. The first-order valence-corrected chi connectivity index (χ1v) is 6.07. The number of para-hydroxylation sites is 2. The van der Waals surface area contributed by atoms with Crippen LogP contribution < -0.4 is 9.05 Å². The molecule has 0 aliphatic heterocycles. The first-order valence-electron chi connectivity index (χ1n) is 4.84. The molecule has 17 heavy (non-hydrogen) atoms. The summed E-state index contributed by atoms with van der Waals surface area (Å²) in [6.45, 7) is 0. The van der Waals surface area contributed by atoms with Crippen molar-refractivity contribution in [2.75, 3.05) is 0 Å². The third-order valence-electron chi connectivity index (χ3n) is 1.89. The van der Waals surface area contributed by atoms with Gasteiger partial charge in [0.2, 0.25) is 0 Å². The predicted molar refractivity (Wildman–Crippen MR) is 63.1 cm³/mol. The van der Waals surface area contributed by atoms with Crippen LogP contribution >= 0.6 is 8.25 Å². The summed E-state index contributed by atoms with van der Waals surface area (Å²) in [4.78, 5) is 0. The molecule has 2 rings (SSSR count). The van der Waals surface area contributed by atoms with Crippen molar-refractivity contribution in [2.24, 2.45) is 0 Å². The van der Waals surface area contributed by atoms with E-state index in [2.05, 4.69) is 0 Å². The molecular formula is C12H11O3PZn.